The third-order valence-corrected chi connectivity index (χ3v) is 7.79. The SMILES string of the molecule is CC(C)Cc1ccc(C(C)C(=O)N2CCN(c3ccc(S(=O)(=O)Nc4ccncn4)cc3)CC2)cc1.[HH]. The van der Waals surface area contributed by atoms with Gasteiger partial charge in [-0.25, -0.2) is 18.4 Å². The van der Waals surface area contributed by atoms with Crippen molar-refractivity contribution in [1.29, 1.82) is 0 Å². The molecular formula is C27H35N5O3S. The van der Waals surface area contributed by atoms with Crippen molar-refractivity contribution >= 4 is 27.4 Å². The van der Waals surface area contributed by atoms with Gasteiger partial charge < -0.3 is 9.80 Å². The van der Waals surface area contributed by atoms with Crippen LogP contribution in [0, 0.1) is 5.92 Å². The molecule has 0 radical (unpaired) electrons. The zero-order valence-electron chi connectivity index (χ0n) is 21.0. The van der Waals surface area contributed by atoms with Crippen LogP contribution in [0.25, 0.3) is 0 Å². The first kappa shape index (κ1) is 25.6. The molecule has 8 nitrogen and oxygen atoms in total. The van der Waals surface area contributed by atoms with Gasteiger partial charge in [-0.1, -0.05) is 38.1 Å². The summed E-state index contributed by atoms with van der Waals surface area (Å²) in [5.41, 5.74) is 3.27. The van der Waals surface area contributed by atoms with Gasteiger partial charge in [0.1, 0.15) is 12.1 Å². The molecule has 1 atom stereocenters. The third kappa shape index (κ3) is 6.20. The number of hydrogen-bond acceptors (Lipinski definition) is 6. The van der Waals surface area contributed by atoms with Crippen molar-refractivity contribution in [2.45, 2.75) is 38.0 Å². The molecule has 1 aliphatic rings. The molecule has 1 saturated heterocycles. The summed E-state index contributed by atoms with van der Waals surface area (Å²) >= 11 is 0. The van der Waals surface area contributed by atoms with Crippen molar-refractivity contribution in [2.24, 2.45) is 5.92 Å². The van der Waals surface area contributed by atoms with Crippen molar-refractivity contribution in [3.8, 4) is 0 Å². The largest absolute Gasteiger partial charge is 0.368 e. The summed E-state index contributed by atoms with van der Waals surface area (Å²) in [6, 6.07) is 16.7. The quantitative estimate of drug-likeness (QED) is 0.490. The Balaban J connectivity index is 0.00000380. The highest BCUT2D eigenvalue weighted by molar-refractivity contribution is 7.92. The van der Waals surface area contributed by atoms with Crippen LogP contribution in [0.3, 0.4) is 0 Å². The van der Waals surface area contributed by atoms with E-state index in [0.29, 0.717) is 32.1 Å². The molecule has 9 heteroatoms. The van der Waals surface area contributed by atoms with E-state index in [0.717, 1.165) is 17.7 Å². The molecule has 0 aliphatic carbocycles. The predicted octanol–water partition coefficient (Wildman–Crippen LogP) is 4.17. The number of carbonyl (C=O) groups is 1. The fraction of sp³-hybridized carbons (Fsp3) is 0.370. The van der Waals surface area contributed by atoms with Gasteiger partial charge in [0, 0.05) is 39.5 Å². The summed E-state index contributed by atoms with van der Waals surface area (Å²) in [6.07, 6.45) is 3.80. The summed E-state index contributed by atoms with van der Waals surface area (Å²) in [4.78, 5) is 25.1. The number of hydrogen-bond donors (Lipinski definition) is 1. The lowest BCUT2D eigenvalue weighted by atomic mass is 9.95. The molecule has 1 N–H and O–H groups in total. The first-order chi connectivity index (χ1) is 17.2. The van der Waals surface area contributed by atoms with E-state index in [2.05, 4.69) is 57.7 Å². The van der Waals surface area contributed by atoms with Gasteiger partial charge in [-0.2, -0.15) is 0 Å². The Bertz CT molecular complexity index is 1260. The molecule has 0 bridgehead atoms. The molecule has 1 unspecified atom stereocenters. The minimum atomic E-state index is -3.74. The highest BCUT2D eigenvalue weighted by atomic mass is 32.2. The number of aromatic nitrogens is 2. The second-order valence-electron chi connectivity index (χ2n) is 9.57. The van der Waals surface area contributed by atoms with E-state index >= 15 is 0 Å². The molecule has 4 rings (SSSR count). The summed E-state index contributed by atoms with van der Waals surface area (Å²) in [5.74, 6) is 0.781. The van der Waals surface area contributed by atoms with Crippen LogP contribution < -0.4 is 9.62 Å². The lowest BCUT2D eigenvalue weighted by molar-refractivity contribution is -0.132. The van der Waals surface area contributed by atoms with Crippen molar-refractivity contribution < 1.29 is 14.6 Å². The van der Waals surface area contributed by atoms with Gasteiger partial charge in [0.05, 0.1) is 10.8 Å². The minimum absolute atomic E-state index is 0. The van der Waals surface area contributed by atoms with E-state index < -0.39 is 10.0 Å². The number of nitrogens with one attached hydrogen (secondary N) is 1. The highest BCUT2D eigenvalue weighted by Gasteiger charge is 2.26. The number of nitrogens with zero attached hydrogens (tertiary/aromatic N) is 4. The topological polar surface area (TPSA) is 95.5 Å². The second kappa shape index (κ2) is 11.1. The van der Waals surface area contributed by atoms with Gasteiger partial charge >= 0.3 is 0 Å². The van der Waals surface area contributed by atoms with Gasteiger partial charge in [-0.15, -0.1) is 0 Å². The average molecular weight is 510 g/mol. The van der Waals surface area contributed by atoms with E-state index in [9.17, 15) is 13.2 Å². The van der Waals surface area contributed by atoms with Crippen molar-refractivity contribution in [3.05, 3.63) is 78.2 Å². The number of benzene rings is 2. The van der Waals surface area contributed by atoms with E-state index in [1.165, 1.54) is 24.2 Å². The molecule has 3 aromatic rings. The molecule has 2 heterocycles. The van der Waals surface area contributed by atoms with Crippen molar-refractivity contribution in [3.63, 3.8) is 0 Å². The van der Waals surface area contributed by atoms with Crippen LogP contribution in [0.2, 0.25) is 0 Å². The standard InChI is InChI=1S/C27H33N5O3S.H2/c1-20(2)18-22-4-6-23(7-5-22)21(3)27(33)32-16-14-31(15-17-32)24-8-10-25(11-9-24)36(34,35)30-26-12-13-28-19-29-26;/h4-13,19-21H,14-18H2,1-3H3,(H,28,29,30);1H. The molecule has 0 saturated carbocycles. The van der Waals surface area contributed by atoms with Crippen LogP contribution in [0.15, 0.2) is 72.0 Å². The lowest BCUT2D eigenvalue weighted by Crippen LogP contribution is -2.49. The van der Waals surface area contributed by atoms with Crippen LogP contribution in [-0.4, -0.2) is 55.4 Å². The summed E-state index contributed by atoms with van der Waals surface area (Å²) < 4.78 is 27.7. The molecule has 1 amide bonds. The van der Waals surface area contributed by atoms with Gasteiger partial charge in [0.2, 0.25) is 5.91 Å². The van der Waals surface area contributed by atoms with Crippen LogP contribution in [0.4, 0.5) is 11.5 Å². The highest BCUT2D eigenvalue weighted by Crippen LogP contribution is 2.24. The molecular weight excluding hydrogens is 474 g/mol. The molecule has 192 valence electrons. The smallest absolute Gasteiger partial charge is 0.263 e. The fourth-order valence-corrected chi connectivity index (χ4v) is 5.41. The number of carbonyl (C=O) groups excluding carboxylic acids is 1. The van der Waals surface area contributed by atoms with Crippen LogP contribution in [-0.2, 0) is 21.2 Å². The second-order valence-corrected chi connectivity index (χ2v) is 11.2. The fourth-order valence-electron chi connectivity index (χ4n) is 4.40. The molecule has 1 aromatic heterocycles. The zero-order chi connectivity index (χ0) is 25.7. The Hall–Kier alpha value is -3.46. The van der Waals surface area contributed by atoms with E-state index in [-0.39, 0.29) is 24.0 Å². The normalized spacial score (nSPS) is 15.1. The minimum Gasteiger partial charge on any atom is -0.368 e. The van der Waals surface area contributed by atoms with Crippen LogP contribution >= 0.6 is 0 Å². The first-order valence-electron chi connectivity index (χ1n) is 12.2. The summed E-state index contributed by atoms with van der Waals surface area (Å²) in [6.45, 7) is 9.02. The maximum atomic E-state index is 13.1. The number of sulfonamides is 1. The Morgan fingerprint density at radius 1 is 0.972 bits per heavy atom. The lowest BCUT2D eigenvalue weighted by Gasteiger charge is -2.37. The summed E-state index contributed by atoms with van der Waals surface area (Å²) in [7, 11) is -3.74. The Morgan fingerprint density at radius 3 is 2.22 bits per heavy atom. The van der Waals surface area contributed by atoms with Gasteiger partial charge in [0.25, 0.3) is 10.0 Å². The van der Waals surface area contributed by atoms with E-state index in [1.807, 2.05) is 11.8 Å². The third-order valence-electron chi connectivity index (χ3n) is 6.42. The molecule has 1 aliphatic heterocycles. The maximum absolute atomic E-state index is 13.1. The maximum Gasteiger partial charge on any atom is 0.263 e. The summed E-state index contributed by atoms with van der Waals surface area (Å²) in [5, 5.41) is 0. The van der Waals surface area contributed by atoms with Gasteiger partial charge in [-0.05, 0) is 60.7 Å². The number of rotatable bonds is 8. The van der Waals surface area contributed by atoms with Crippen LogP contribution in [0.1, 0.15) is 39.2 Å². The van der Waals surface area contributed by atoms with Gasteiger partial charge in [0.15, 0.2) is 0 Å². The van der Waals surface area contributed by atoms with Crippen LogP contribution in [0.5, 0.6) is 0 Å². The Kier molecular flexibility index (Phi) is 7.88. The van der Waals surface area contributed by atoms with Crippen molar-refractivity contribution in [2.75, 3.05) is 35.8 Å². The molecule has 1 fully saturated rings. The Labute approximate surface area is 214 Å². The first-order valence-corrected chi connectivity index (χ1v) is 13.7. The monoisotopic (exact) mass is 509 g/mol. The molecule has 36 heavy (non-hydrogen) atoms. The number of amides is 1. The zero-order valence-corrected chi connectivity index (χ0v) is 21.8. The number of piperazine rings is 1. The Morgan fingerprint density at radius 2 is 1.64 bits per heavy atom. The van der Waals surface area contributed by atoms with Gasteiger partial charge in [-0.3, -0.25) is 9.52 Å². The van der Waals surface area contributed by atoms with E-state index in [4.69, 9.17) is 0 Å². The van der Waals surface area contributed by atoms with E-state index in [1.54, 1.807) is 24.3 Å². The van der Waals surface area contributed by atoms with Crippen molar-refractivity contribution in [1.82, 2.24) is 14.9 Å². The number of anilines is 2. The molecule has 2 aromatic carbocycles. The average Bonchev–Trinajstić information content (AvgIpc) is 2.88. The molecule has 0 spiro atoms. The predicted molar refractivity (Wildman–Crippen MR) is 144 cm³/mol.